The predicted molar refractivity (Wildman–Crippen MR) is 59.4 cm³/mol. The van der Waals surface area contributed by atoms with Crippen molar-refractivity contribution in [2.45, 2.75) is 65.8 Å². The molecular weight excluding hydrogens is 158 g/mol. The molecule has 0 spiro atoms. The highest BCUT2D eigenvalue weighted by Gasteiger charge is 2.42. The Morgan fingerprint density at radius 2 is 1.54 bits per heavy atom. The van der Waals surface area contributed by atoms with E-state index in [1.165, 1.54) is 31.4 Å². The zero-order valence-corrected chi connectivity index (χ0v) is 9.78. The van der Waals surface area contributed by atoms with Crippen LogP contribution in [0.4, 0.5) is 0 Å². The fraction of sp³-hybridized carbons (Fsp3) is 0.917. The van der Waals surface area contributed by atoms with E-state index in [0.717, 1.165) is 0 Å². The number of hydrogen-bond acceptors (Lipinski definition) is 1. The van der Waals surface area contributed by atoms with Crippen LogP contribution in [0.3, 0.4) is 0 Å². The Labute approximate surface area is 82.6 Å². The van der Waals surface area contributed by atoms with Crippen LogP contribution in [0, 0.1) is 5.41 Å². The van der Waals surface area contributed by atoms with Gasteiger partial charge in [0, 0.05) is 5.71 Å². The summed E-state index contributed by atoms with van der Waals surface area (Å²) in [5, 5.41) is 0. The van der Waals surface area contributed by atoms with E-state index in [9.17, 15) is 0 Å². The van der Waals surface area contributed by atoms with Crippen LogP contribution in [0.2, 0.25) is 0 Å². The van der Waals surface area contributed by atoms with E-state index in [1.54, 1.807) is 0 Å². The Balaban J connectivity index is 2.91. The van der Waals surface area contributed by atoms with Crippen LogP contribution < -0.4 is 0 Å². The van der Waals surface area contributed by atoms with Gasteiger partial charge in [-0.3, -0.25) is 4.99 Å². The van der Waals surface area contributed by atoms with Crippen molar-refractivity contribution in [1.82, 2.24) is 0 Å². The molecule has 0 aromatic heterocycles. The van der Waals surface area contributed by atoms with Crippen LogP contribution in [0.25, 0.3) is 0 Å². The Bertz CT molecular complexity index is 211. The summed E-state index contributed by atoms with van der Waals surface area (Å²) in [6, 6.07) is 0. The first-order valence-corrected chi connectivity index (χ1v) is 5.40. The molecule has 1 fully saturated rings. The van der Waals surface area contributed by atoms with Crippen LogP contribution in [0.15, 0.2) is 4.99 Å². The molecule has 0 heterocycles. The second kappa shape index (κ2) is 3.43. The molecule has 1 aliphatic rings. The van der Waals surface area contributed by atoms with Crippen LogP contribution >= 0.6 is 0 Å². The summed E-state index contributed by atoms with van der Waals surface area (Å²) in [7, 11) is 0. The summed E-state index contributed by atoms with van der Waals surface area (Å²) in [5.41, 5.74) is 1.78. The van der Waals surface area contributed by atoms with Gasteiger partial charge in [0.2, 0.25) is 0 Å². The van der Waals surface area contributed by atoms with Crippen molar-refractivity contribution in [2.75, 3.05) is 0 Å². The van der Waals surface area contributed by atoms with Crippen LogP contribution in [0.1, 0.15) is 60.3 Å². The maximum Gasteiger partial charge on any atom is 0.0629 e. The quantitative estimate of drug-likeness (QED) is 0.545. The second-order valence-electron chi connectivity index (χ2n) is 5.42. The summed E-state index contributed by atoms with van der Waals surface area (Å²) in [6.07, 6.45) is 5.29. The van der Waals surface area contributed by atoms with Gasteiger partial charge >= 0.3 is 0 Å². The van der Waals surface area contributed by atoms with Crippen molar-refractivity contribution in [3.8, 4) is 0 Å². The van der Waals surface area contributed by atoms with Gasteiger partial charge < -0.3 is 0 Å². The molecule has 1 unspecified atom stereocenters. The summed E-state index contributed by atoms with van der Waals surface area (Å²) < 4.78 is 0. The van der Waals surface area contributed by atoms with Crippen LogP contribution in [-0.4, -0.2) is 11.3 Å². The third-order valence-corrected chi connectivity index (χ3v) is 3.64. The van der Waals surface area contributed by atoms with Crippen molar-refractivity contribution in [3.63, 3.8) is 0 Å². The molecule has 1 aliphatic carbocycles. The molecule has 1 heteroatoms. The zero-order valence-electron chi connectivity index (χ0n) is 9.78. The topological polar surface area (TPSA) is 12.4 Å². The number of aliphatic imine (C=N–C) groups is 1. The third kappa shape index (κ3) is 2.12. The maximum absolute atomic E-state index is 4.84. The Morgan fingerprint density at radius 1 is 1.00 bits per heavy atom. The van der Waals surface area contributed by atoms with Gasteiger partial charge in [0.1, 0.15) is 0 Å². The Morgan fingerprint density at radius 3 is 2.00 bits per heavy atom. The van der Waals surface area contributed by atoms with Gasteiger partial charge in [-0.1, -0.05) is 26.7 Å². The molecule has 0 amide bonds. The van der Waals surface area contributed by atoms with Gasteiger partial charge in [-0.15, -0.1) is 0 Å². The lowest BCUT2D eigenvalue weighted by atomic mass is 9.64. The highest BCUT2D eigenvalue weighted by atomic mass is 14.9. The van der Waals surface area contributed by atoms with E-state index in [-0.39, 0.29) is 5.54 Å². The average Bonchev–Trinajstić information content (AvgIpc) is 1.94. The molecule has 0 aliphatic heterocycles. The predicted octanol–water partition coefficient (Wildman–Crippen LogP) is 3.83. The van der Waals surface area contributed by atoms with E-state index < -0.39 is 0 Å². The van der Waals surface area contributed by atoms with Crippen LogP contribution in [0.5, 0.6) is 0 Å². The van der Waals surface area contributed by atoms with Gasteiger partial charge in [0.25, 0.3) is 0 Å². The zero-order chi connectivity index (χ0) is 10.1. The lowest BCUT2D eigenvalue weighted by Crippen LogP contribution is -2.43. The SMILES string of the molecule is CC(C)=NC1(C)CCCCC1(C)C. The second-order valence-corrected chi connectivity index (χ2v) is 5.42. The molecule has 1 rings (SSSR count). The lowest BCUT2D eigenvalue weighted by Gasteiger charge is -2.45. The molecule has 0 saturated heterocycles. The van der Waals surface area contributed by atoms with Gasteiger partial charge in [0.15, 0.2) is 0 Å². The molecule has 0 aromatic rings. The summed E-state index contributed by atoms with van der Waals surface area (Å²) in [5.74, 6) is 0. The molecule has 0 N–H and O–H groups in total. The monoisotopic (exact) mass is 181 g/mol. The summed E-state index contributed by atoms with van der Waals surface area (Å²) in [6.45, 7) is 11.3. The van der Waals surface area contributed by atoms with Gasteiger partial charge in [-0.25, -0.2) is 0 Å². The van der Waals surface area contributed by atoms with E-state index in [1.807, 2.05) is 0 Å². The van der Waals surface area contributed by atoms with Crippen molar-refractivity contribution in [3.05, 3.63) is 0 Å². The maximum atomic E-state index is 4.84. The first-order chi connectivity index (χ1) is 5.87. The van der Waals surface area contributed by atoms with Crippen molar-refractivity contribution in [1.29, 1.82) is 0 Å². The van der Waals surface area contributed by atoms with Gasteiger partial charge in [0.05, 0.1) is 5.54 Å². The van der Waals surface area contributed by atoms with Crippen molar-refractivity contribution >= 4 is 5.71 Å². The minimum atomic E-state index is 0.185. The fourth-order valence-corrected chi connectivity index (χ4v) is 2.34. The fourth-order valence-electron chi connectivity index (χ4n) is 2.34. The van der Waals surface area contributed by atoms with Crippen molar-refractivity contribution in [2.24, 2.45) is 10.4 Å². The number of hydrogen-bond donors (Lipinski definition) is 0. The normalized spacial score (nSPS) is 32.7. The van der Waals surface area contributed by atoms with E-state index in [4.69, 9.17) is 4.99 Å². The molecule has 0 aromatic carbocycles. The van der Waals surface area contributed by atoms with Crippen LogP contribution in [-0.2, 0) is 0 Å². The molecule has 1 saturated carbocycles. The summed E-state index contributed by atoms with van der Waals surface area (Å²) >= 11 is 0. The largest absolute Gasteiger partial charge is 0.288 e. The van der Waals surface area contributed by atoms with E-state index in [0.29, 0.717) is 5.41 Å². The van der Waals surface area contributed by atoms with Gasteiger partial charge in [-0.05, 0) is 39.0 Å². The van der Waals surface area contributed by atoms with E-state index in [2.05, 4.69) is 34.6 Å². The molecule has 1 atom stereocenters. The van der Waals surface area contributed by atoms with Crippen molar-refractivity contribution < 1.29 is 0 Å². The molecule has 0 radical (unpaired) electrons. The average molecular weight is 181 g/mol. The number of rotatable bonds is 1. The van der Waals surface area contributed by atoms with Gasteiger partial charge in [-0.2, -0.15) is 0 Å². The Kier molecular flexibility index (Phi) is 2.84. The lowest BCUT2D eigenvalue weighted by molar-refractivity contribution is 0.118. The molecule has 13 heavy (non-hydrogen) atoms. The Hall–Kier alpha value is -0.330. The highest BCUT2D eigenvalue weighted by Crippen LogP contribution is 2.46. The summed E-state index contributed by atoms with van der Waals surface area (Å²) in [4.78, 5) is 4.84. The first kappa shape index (κ1) is 10.7. The standard InChI is InChI=1S/C12H23N/c1-10(2)13-12(5)9-7-6-8-11(12,3)4/h6-9H2,1-5H3. The highest BCUT2D eigenvalue weighted by molar-refractivity contribution is 5.79. The smallest absolute Gasteiger partial charge is 0.0629 e. The number of nitrogens with zero attached hydrogens (tertiary/aromatic N) is 1. The molecule has 1 nitrogen and oxygen atoms in total. The first-order valence-electron chi connectivity index (χ1n) is 5.40. The minimum Gasteiger partial charge on any atom is -0.288 e. The third-order valence-electron chi connectivity index (χ3n) is 3.64. The minimum absolute atomic E-state index is 0.185. The van der Waals surface area contributed by atoms with E-state index >= 15 is 0 Å². The molecular formula is C12H23N. The molecule has 0 bridgehead atoms. The molecule has 76 valence electrons.